The minimum atomic E-state index is 0.637. The zero-order valence-corrected chi connectivity index (χ0v) is 10.8. The lowest BCUT2D eigenvalue weighted by molar-refractivity contribution is 1.13. The van der Waals surface area contributed by atoms with Crippen molar-refractivity contribution in [2.75, 3.05) is 0 Å². The predicted octanol–water partition coefficient (Wildman–Crippen LogP) is 1.90. The zero-order chi connectivity index (χ0) is 10.8. The molecule has 80 valence electrons. The van der Waals surface area contributed by atoms with Crippen LogP contribution in [-0.4, -0.2) is 24.6 Å². The Balaban J connectivity index is 2.00. The SMILES string of the molecule is c1nc(C2=NSSN2)cc(-c2ns[s+]n2)n1. The third-order valence-corrected chi connectivity index (χ3v) is 4.24. The standard InChI is InChI=1S/C6H3N6S4/c1-3(5-9-13-14-10-5)7-2-8-4(1)6-11-15-16-12-6/h1-2H,(H,9,10)/q+1. The number of rotatable bonds is 2. The van der Waals surface area contributed by atoms with Crippen LogP contribution in [0.3, 0.4) is 0 Å². The van der Waals surface area contributed by atoms with Crippen LogP contribution in [-0.2, 0) is 0 Å². The summed E-state index contributed by atoms with van der Waals surface area (Å²) in [5, 5.41) is 0. The second kappa shape index (κ2) is 4.57. The van der Waals surface area contributed by atoms with Gasteiger partial charge in [0.2, 0.25) is 0 Å². The van der Waals surface area contributed by atoms with E-state index in [1.807, 2.05) is 6.07 Å². The largest absolute Gasteiger partial charge is 0.462 e. The van der Waals surface area contributed by atoms with E-state index in [1.165, 1.54) is 49.4 Å². The molecule has 16 heavy (non-hydrogen) atoms. The molecule has 0 aromatic carbocycles. The first-order valence-electron chi connectivity index (χ1n) is 4.05. The van der Waals surface area contributed by atoms with Gasteiger partial charge in [-0.05, 0) is 6.07 Å². The van der Waals surface area contributed by atoms with Crippen molar-refractivity contribution in [3.63, 3.8) is 0 Å². The molecule has 0 spiro atoms. The lowest BCUT2D eigenvalue weighted by Gasteiger charge is -1.99. The van der Waals surface area contributed by atoms with Crippen molar-refractivity contribution in [2.45, 2.75) is 0 Å². The maximum Gasteiger partial charge on any atom is 0.462 e. The Labute approximate surface area is 106 Å². The van der Waals surface area contributed by atoms with Gasteiger partial charge in [-0.3, -0.25) is 0 Å². The molecule has 2 aromatic rings. The minimum absolute atomic E-state index is 0.637. The van der Waals surface area contributed by atoms with Crippen LogP contribution in [0.15, 0.2) is 16.8 Å². The summed E-state index contributed by atoms with van der Waals surface area (Å²) in [5.41, 5.74) is 1.47. The Morgan fingerprint density at radius 3 is 2.94 bits per heavy atom. The highest BCUT2D eigenvalue weighted by Crippen LogP contribution is 2.26. The number of hydrogen-bond donors (Lipinski definition) is 1. The molecule has 10 heteroatoms. The molecule has 0 atom stereocenters. The molecule has 0 aliphatic carbocycles. The van der Waals surface area contributed by atoms with Gasteiger partial charge in [-0.25, -0.2) is 9.97 Å². The summed E-state index contributed by atoms with van der Waals surface area (Å²) in [7, 11) is 5.52. The lowest BCUT2D eigenvalue weighted by Crippen LogP contribution is -2.14. The molecule has 0 bridgehead atoms. The van der Waals surface area contributed by atoms with Gasteiger partial charge >= 0.3 is 21.1 Å². The fraction of sp³-hybridized carbons (Fsp3) is 0. The summed E-state index contributed by atoms with van der Waals surface area (Å²) >= 11 is 0. The molecule has 0 saturated heterocycles. The smallest absolute Gasteiger partial charge is 0.301 e. The predicted molar refractivity (Wildman–Crippen MR) is 68.1 cm³/mol. The highest BCUT2D eigenvalue weighted by Gasteiger charge is 2.16. The van der Waals surface area contributed by atoms with Gasteiger partial charge in [0.25, 0.3) is 5.82 Å². The maximum absolute atomic E-state index is 4.19. The second-order valence-electron chi connectivity index (χ2n) is 2.64. The molecule has 1 aliphatic rings. The van der Waals surface area contributed by atoms with Crippen LogP contribution in [0.4, 0.5) is 0 Å². The number of amidine groups is 1. The maximum atomic E-state index is 4.19. The van der Waals surface area contributed by atoms with Crippen LogP contribution in [0, 0.1) is 0 Å². The molecule has 2 aromatic heterocycles. The molecular weight excluding hydrogens is 284 g/mol. The molecule has 0 radical (unpaired) electrons. The Kier molecular flexibility index (Phi) is 2.95. The van der Waals surface area contributed by atoms with E-state index in [4.69, 9.17) is 0 Å². The van der Waals surface area contributed by atoms with E-state index in [0.717, 1.165) is 11.5 Å². The van der Waals surface area contributed by atoms with E-state index < -0.39 is 0 Å². The van der Waals surface area contributed by atoms with Gasteiger partial charge < -0.3 is 4.72 Å². The van der Waals surface area contributed by atoms with Crippen LogP contribution < -0.4 is 4.72 Å². The van der Waals surface area contributed by atoms with E-state index in [2.05, 4.69) is 27.8 Å². The van der Waals surface area contributed by atoms with Crippen LogP contribution in [0.1, 0.15) is 5.69 Å². The average Bonchev–Trinajstić information content (AvgIpc) is 3.03. The average molecular weight is 287 g/mol. The van der Waals surface area contributed by atoms with E-state index in [9.17, 15) is 0 Å². The summed E-state index contributed by atoms with van der Waals surface area (Å²) in [6.45, 7) is 0. The fourth-order valence-electron chi connectivity index (χ4n) is 1.05. The quantitative estimate of drug-likeness (QED) is 0.513. The Hall–Kier alpha value is -0.840. The van der Waals surface area contributed by atoms with Crippen molar-refractivity contribution in [3.8, 4) is 11.5 Å². The van der Waals surface area contributed by atoms with Gasteiger partial charge in [-0.15, -0.1) is 4.37 Å². The van der Waals surface area contributed by atoms with Crippen molar-refractivity contribution < 1.29 is 0 Å². The van der Waals surface area contributed by atoms with E-state index in [1.54, 1.807) is 0 Å². The molecule has 0 fully saturated rings. The Morgan fingerprint density at radius 2 is 2.19 bits per heavy atom. The molecule has 3 heterocycles. The number of aromatic nitrogens is 4. The highest BCUT2D eigenvalue weighted by molar-refractivity contribution is 8.76. The van der Waals surface area contributed by atoms with Crippen molar-refractivity contribution in [1.82, 2.24) is 23.4 Å². The van der Waals surface area contributed by atoms with Crippen LogP contribution in [0.25, 0.3) is 11.5 Å². The third-order valence-electron chi connectivity index (χ3n) is 1.72. The minimum Gasteiger partial charge on any atom is -0.301 e. The number of nitrogens with one attached hydrogen (secondary N) is 1. The van der Waals surface area contributed by atoms with Crippen LogP contribution >= 0.6 is 43.0 Å². The highest BCUT2D eigenvalue weighted by atomic mass is 33.1. The van der Waals surface area contributed by atoms with Crippen LogP contribution in [0.5, 0.6) is 0 Å². The summed E-state index contributed by atoms with van der Waals surface area (Å²) < 4.78 is 15.5. The van der Waals surface area contributed by atoms with Crippen molar-refractivity contribution in [2.24, 2.45) is 4.40 Å². The van der Waals surface area contributed by atoms with E-state index in [-0.39, 0.29) is 0 Å². The van der Waals surface area contributed by atoms with Crippen molar-refractivity contribution >= 4 is 48.9 Å². The Bertz CT molecular complexity index is 526. The second-order valence-corrected chi connectivity index (χ2v) is 5.85. The van der Waals surface area contributed by atoms with E-state index >= 15 is 0 Å². The molecule has 0 unspecified atom stereocenters. The number of hydrogen-bond acceptors (Lipinski definition) is 9. The third kappa shape index (κ3) is 2.00. The molecular formula is C6H3N6S4+. The van der Waals surface area contributed by atoms with Crippen molar-refractivity contribution in [3.05, 3.63) is 18.1 Å². The fourth-order valence-corrected chi connectivity index (χ4v) is 3.47. The summed E-state index contributed by atoms with van der Waals surface area (Å²) in [6.07, 6.45) is 1.49. The number of nitrogens with zero attached hydrogens (tertiary/aromatic N) is 5. The lowest BCUT2D eigenvalue weighted by atomic mass is 10.3. The molecule has 3 rings (SSSR count). The van der Waals surface area contributed by atoms with Gasteiger partial charge in [-0.2, -0.15) is 4.40 Å². The first-order valence-corrected chi connectivity index (χ1v) is 8.22. The van der Waals surface area contributed by atoms with Gasteiger partial charge in [-0.1, -0.05) is 0 Å². The van der Waals surface area contributed by atoms with Crippen LogP contribution in [0.2, 0.25) is 0 Å². The first-order chi connectivity index (χ1) is 7.93. The zero-order valence-electron chi connectivity index (χ0n) is 7.52. The van der Waals surface area contributed by atoms with Crippen molar-refractivity contribution in [1.29, 1.82) is 0 Å². The monoisotopic (exact) mass is 287 g/mol. The molecule has 0 saturated carbocycles. The normalized spacial score (nSPS) is 14.6. The van der Waals surface area contributed by atoms with Gasteiger partial charge in [0.15, 0.2) is 5.84 Å². The summed E-state index contributed by atoms with van der Waals surface area (Å²) in [4.78, 5) is 8.29. The molecule has 0 amide bonds. The van der Waals surface area contributed by atoms with E-state index in [0.29, 0.717) is 11.5 Å². The Morgan fingerprint density at radius 1 is 1.25 bits per heavy atom. The van der Waals surface area contributed by atoms with Gasteiger partial charge in [0.05, 0.1) is 15.4 Å². The summed E-state index contributed by atoms with van der Waals surface area (Å²) in [5.74, 6) is 1.38. The first kappa shape index (κ1) is 10.3. The van der Waals surface area contributed by atoms with Gasteiger partial charge in [0, 0.05) is 11.0 Å². The molecule has 6 nitrogen and oxygen atoms in total. The topological polar surface area (TPSA) is 76.0 Å². The molecule has 1 aliphatic heterocycles. The van der Waals surface area contributed by atoms with Gasteiger partial charge in [0.1, 0.15) is 17.7 Å². The summed E-state index contributed by atoms with van der Waals surface area (Å²) in [6, 6.07) is 1.83. The molecule has 1 N–H and O–H groups in total.